The zero-order valence-corrected chi connectivity index (χ0v) is 31.7. The fourth-order valence-corrected chi connectivity index (χ4v) is 9.36. The molecule has 3 aliphatic rings. The summed E-state index contributed by atoms with van der Waals surface area (Å²) in [4.78, 5) is 46.5. The molecule has 272 valence electrons. The Morgan fingerprint density at radius 3 is 2.15 bits per heavy atom. The van der Waals surface area contributed by atoms with Crippen LogP contribution in [0.4, 0.5) is 9.59 Å². The number of carbonyl (C=O) groups is 2. The average molecular weight is 721 g/mol. The van der Waals surface area contributed by atoms with Gasteiger partial charge in [-0.2, -0.15) is 0 Å². The Morgan fingerprint density at radius 1 is 0.750 bits per heavy atom. The minimum Gasteiger partial charge on any atom is -0.444 e. The first-order chi connectivity index (χ1) is 24.8. The largest absolute Gasteiger partial charge is 0.444 e. The van der Waals surface area contributed by atoms with Crippen molar-refractivity contribution in [3.8, 4) is 22.4 Å². The SMILES string of the molecule is CC(C)(C)OC(=O)N1CCC[C@H]2C(c3ncc(-c4ccc5cc(-c6ccc7nc([C@@H]8CCCCN8C(=O)OC(C)(C)C)[nH]c7c6)ccc5c4)[nH]3)SC21. The van der Waals surface area contributed by atoms with Crippen LogP contribution in [-0.2, 0) is 9.47 Å². The Morgan fingerprint density at radius 2 is 1.40 bits per heavy atom. The molecule has 0 aliphatic carbocycles. The normalized spacial score (nSPS) is 22.3. The number of rotatable bonds is 4. The van der Waals surface area contributed by atoms with Crippen LogP contribution in [0.25, 0.3) is 44.2 Å². The van der Waals surface area contributed by atoms with Crippen LogP contribution in [0.15, 0.2) is 60.8 Å². The minimum absolute atomic E-state index is 0.133. The summed E-state index contributed by atoms with van der Waals surface area (Å²) in [5, 5.41) is 2.69. The van der Waals surface area contributed by atoms with Crippen molar-refractivity contribution in [2.24, 2.45) is 5.92 Å². The predicted octanol–water partition coefficient (Wildman–Crippen LogP) is 10.00. The highest BCUT2D eigenvalue weighted by Gasteiger charge is 2.51. The molecule has 4 atom stereocenters. The number of fused-ring (bicyclic) bond motifs is 3. The second-order valence-corrected chi connectivity index (χ2v) is 17.7. The van der Waals surface area contributed by atoms with Gasteiger partial charge < -0.3 is 19.4 Å². The molecule has 3 aromatic carbocycles. The first-order valence-electron chi connectivity index (χ1n) is 18.5. The van der Waals surface area contributed by atoms with Gasteiger partial charge in [0, 0.05) is 24.6 Å². The summed E-state index contributed by atoms with van der Waals surface area (Å²) in [5.74, 6) is 2.15. The third kappa shape index (κ3) is 6.87. The number of likely N-dealkylation sites (tertiary alicyclic amines) is 2. The van der Waals surface area contributed by atoms with Gasteiger partial charge in [0.1, 0.15) is 22.9 Å². The molecule has 8 rings (SSSR count). The van der Waals surface area contributed by atoms with Gasteiger partial charge >= 0.3 is 12.2 Å². The maximum atomic E-state index is 13.1. The minimum atomic E-state index is -0.546. The van der Waals surface area contributed by atoms with Crippen LogP contribution in [0.1, 0.15) is 96.6 Å². The maximum absolute atomic E-state index is 13.1. The number of aromatic nitrogens is 4. The van der Waals surface area contributed by atoms with E-state index in [1.54, 1.807) is 11.8 Å². The van der Waals surface area contributed by atoms with Crippen molar-refractivity contribution >= 4 is 45.8 Å². The molecule has 2 aromatic heterocycles. The van der Waals surface area contributed by atoms with E-state index in [9.17, 15) is 9.59 Å². The number of nitrogens with one attached hydrogen (secondary N) is 2. The molecule has 2 amide bonds. The number of imidazole rings is 2. The van der Waals surface area contributed by atoms with Crippen LogP contribution in [0.5, 0.6) is 0 Å². The Hall–Kier alpha value is -4.51. The molecule has 10 nitrogen and oxygen atoms in total. The molecule has 3 aliphatic heterocycles. The molecule has 0 saturated carbocycles. The number of thioether (sulfide) groups is 1. The van der Waals surface area contributed by atoms with Gasteiger partial charge in [0.15, 0.2) is 0 Å². The monoisotopic (exact) mass is 720 g/mol. The summed E-state index contributed by atoms with van der Waals surface area (Å²) in [6.45, 7) is 12.9. The summed E-state index contributed by atoms with van der Waals surface area (Å²) in [7, 11) is 0. The lowest BCUT2D eigenvalue weighted by atomic mass is 9.92. The van der Waals surface area contributed by atoms with Crippen LogP contribution >= 0.6 is 11.8 Å². The summed E-state index contributed by atoms with van der Waals surface area (Å²) in [6.07, 6.45) is 6.35. The zero-order chi connectivity index (χ0) is 36.4. The van der Waals surface area contributed by atoms with Crippen molar-refractivity contribution in [3.63, 3.8) is 0 Å². The molecule has 3 saturated heterocycles. The molecule has 0 bridgehead atoms. The van der Waals surface area contributed by atoms with Gasteiger partial charge in [0.2, 0.25) is 0 Å². The lowest BCUT2D eigenvalue weighted by Crippen LogP contribution is -2.54. The number of amides is 2. The van der Waals surface area contributed by atoms with Gasteiger partial charge in [0.05, 0.1) is 39.6 Å². The fraction of sp³-hybridized carbons (Fsp3) is 0.463. The highest BCUT2D eigenvalue weighted by molar-refractivity contribution is 8.01. The molecular weight excluding hydrogens is 673 g/mol. The highest BCUT2D eigenvalue weighted by Crippen LogP contribution is 2.57. The van der Waals surface area contributed by atoms with E-state index in [1.165, 1.54) is 0 Å². The van der Waals surface area contributed by atoms with Crippen molar-refractivity contribution in [3.05, 3.63) is 72.4 Å². The third-order valence-electron chi connectivity index (χ3n) is 10.2. The van der Waals surface area contributed by atoms with Crippen molar-refractivity contribution in [1.29, 1.82) is 0 Å². The van der Waals surface area contributed by atoms with Gasteiger partial charge in [-0.15, -0.1) is 11.8 Å². The van der Waals surface area contributed by atoms with Gasteiger partial charge in [0.25, 0.3) is 0 Å². The third-order valence-corrected chi connectivity index (χ3v) is 12.0. The van der Waals surface area contributed by atoms with Crippen LogP contribution < -0.4 is 0 Å². The first kappa shape index (κ1) is 34.6. The summed E-state index contributed by atoms with van der Waals surface area (Å²) in [6, 6.07) is 19.3. The van der Waals surface area contributed by atoms with E-state index in [-0.39, 0.29) is 28.9 Å². The number of piperidine rings is 2. The summed E-state index contributed by atoms with van der Waals surface area (Å²) >= 11 is 1.80. The van der Waals surface area contributed by atoms with E-state index in [0.29, 0.717) is 12.5 Å². The Kier molecular flexibility index (Phi) is 8.75. The number of hydrogen-bond acceptors (Lipinski definition) is 7. The zero-order valence-electron chi connectivity index (χ0n) is 30.9. The van der Waals surface area contributed by atoms with E-state index in [2.05, 4.69) is 64.6 Å². The van der Waals surface area contributed by atoms with E-state index < -0.39 is 11.2 Å². The molecule has 5 aromatic rings. The highest BCUT2D eigenvalue weighted by atomic mass is 32.2. The molecule has 3 fully saturated rings. The molecule has 11 heteroatoms. The number of benzene rings is 3. The van der Waals surface area contributed by atoms with Gasteiger partial charge in [-0.25, -0.2) is 19.6 Å². The van der Waals surface area contributed by atoms with Crippen LogP contribution in [0.2, 0.25) is 0 Å². The smallest absolute Gasteiger partial charge is 0.411 e. The number of hydrogen-bond donors (Lipinski definition) is 2. The molecule has 0 radical (unpaired) electrons. The van der Waals surface area contributed by atoms with Gasteiger partial charge in [-0.1, -0.05) is 30.3 Å². The van der Waals surface area contributed by atoms with Crippen LogP contribution in [0.3, 0.4) is 0 Å². The molecule has 2 unspecified atom stereocenters. The standard InChI is InChI=1S/C41H48N6O4S/c1-40(2,3)50-38(48)46-18-8-7-11-33(46)35-43-30-17-16-27(22-31(30)44-35)25-12-13-26-21-28(15-14-24(26)20-25)32-23-42-36(45-32)34-29-10-9-19-47(37(29)52-34)39(49)51-41(4,5)6/h12-17,20-23,29,33-34,37H,7-11,18-19H2,1-6H3,(H,42,45)(H,43,44)/t29-,33-,34?,37?/m0/s1. The van der Waals surface area contributed by atoms with Crippen molar-refractivity contribution in [2.75, 3.05) is 13.1 Å². The van der Waals surface area contributed by atoms with Gasteiger partial charge in [-0.05, 0) is 120 Å². The molecule has 5 heterocycles. The number of aromatic amines is 2. The van der Waals surface area contributed by atoms with Crippen LogP contribution in [-0.4, -0.2) is 71.6 Å². The topological polar surface area (TPSA) is 116 Å². The lowest BCUT2D eigenvalue weighted by Gasteiger charge is -2.51. The number of H-pyrrole nitrogens is 2. The molecular formula is C41H48N6O4S. The van der Waals surface area contributed by atoms with E-state index in [0.717, 1.165) is 94.5 Å². The summed E-state index contributed by atoms with van der Waals surface area (Å²) in [5.41, 5.74) is 5.10. The Balaban J connectivity index is 0.972. The number of carbonyl (C=O) groups excluding carboxylic acids is 2. The fourth-order valence-electron chi connectivity index (χ4n) is 7.76. The van der Waals surface area contributed by atoms with Crippen molar-refractivity contribution in [2.45, 2.75) is 102 Å². The maximum Gasteiger partial charge on any atom is 0.411 e. The second-order valence-electron chi connectivity index (χ2n) is 16.4. The molecule has 2 N–H and O–H groups in total. The van der Waals surface area contributed by atoms with Gasteiger partial charge in [-0.3, -0.25) is 9.80 Å². The van der Waals surface area contributed by atoms with Crippen LogP contribution in [0, 0.1) is 5.92 Å². The predicted molar refractivity (Wildman–Crippen MR) is 206 cm³/mol. The Labute approximate surface area is 309 Å². The Bertz CT molecular complexity index is 2140. The number of ether oxygens (including phenoxy) is 2. The quantitative estimate of drug-likeness (QED) is 0.190. The second kappa shape index (κ2) is 13.2. The lowest BCUT2D eigenvalue weighted by molar-refractivity contribution is 0.00783. The number of nitrogens with zero attached hydrogens (tertiary/aromatic N) is 4. The van der Waals surface area contributed by atoms with Crippen molar-refractivity contribution < 1.29 is 19.1 Å². The van der Waals surface area contributed by atoms with Crippen molar-refractivity contribution in [1.82, 2.24) is 29.7 Å². The van der Waals surface area contributed by atoms with E-state index in [4.69, 9.17) is 19.4 Å². The van der Waals surface area contributed by atoms with E-state index >= 15 is 0 Å². The summed E-state index contributed by atoms with van der Waals surface area (Å²) < 4.78 is 11.4. The molecule has 0 spiro atoms. The molecule has 52 heavy (non-hydrogen) atoms. The van der Waals surface area contributed by atoms with E-state index in [1.807, 2.05) is 57.5 Å². The first-order valence-corrected chi connectivity index (χ1v) is 19.5. The average Bonchev–Trinajstić information content (AvgIpc) is 3.74.